The number of carbonyl (C=O) groups is 5. The highest BCUT2D eigenvalue weighted by molar-refractivity contribution is 5.97. The molecule has 0 spiro atoms. The number of hydrogen-bond acceptors (Lipinski definition) is 13. The van der Waals surface area contributed by atoms with E-state index in [1.54, 1.807) is 12.1 Å². The molecule has 6 atom stereocenters. The molecule has 0 radical (unpaired) electrons. The Morgan fingerprint density at radius 2 is 1.47 bits per heavy atom. The van der Waals surface area contributed by atoms with Gasteiger partial charge in [0.15, 0.2) is 18.3 Å². The molecule has 3 rings (SSSR count). The Morgan fingerprint density at radius 1 is 0.889 bits per heavy atom. The standard InChI is InChI=1S/C22H25NO13/c1-10(24)30-9-16-17(31-11(2)25)18(32-12(3)26)19(33-13(4)27)21(35-16)36-22-20(28)23(29)14-7-5-6-8-15(14)34-22/h5-8,16-19,21-22,29H,9H2,1-4H3/t16-,17-,18+,19-,21+,22-/m1/s1. The third kappa shape index (κ3) is 6.27. The summed E-state index contributed by atoms with van der Waals surface area (Å²) < 4.78 is 37.8. The maximum absolute atomic E-state index is 12.7. The zero-order valence-electron chi connectivity index (χ0n) is 19.8. The second-order valence-electron chi connectivity index (χ2n) is 7.77. The van der Waals surface area contributed by atoms with E-state index >= 15 is 0 Å². The first kappa shape index (κ1) is 26.8. The van der Waals surface area contributed by atoms with Crippen molar-refractivity contribution >= 4 is 35.5 Å². The van der Waals surface area contributed by atoms with Gasteiger partial charge in [-0.15, -0.1) is 0 Å². The summed E-state index contributed by atoms with van der Waals surface area (Å²) in [7, 11) is 0. The predicted molar refractivity (Wildman–Crippen MR) is 113 cm³/mol. The molecule has 1 N–H and O–H groups in total. The fourth-order valence-electron chi connectivity index (χ4n) is 3.62. The van der Waals surface area contributed by atoms with Crippen LogP contribution >= 0.6 is 0 Å². The fourth-order valence-corrected chi connectivity index (χ4v) is 3.62. The molecule has 196 valence electrons. The molecular formula is C22H25NO13. The van der Waals surface area contributed by atoms with E-state index in [1.807, 2.05) is 0 Å². The summed E-state index contributed by atoms with van der Waals surface area (Å²) in [6.07, 6.45) is -9.19. The lowest BCUT2D eigenvalue weighted by molar-refractivity contribution is -0.327. The van der Waals surface area contributed by atoms with Crippen molar-refractivity contribution in [1.82, 2.24) is 0 Å². The van der Waals surface area contributed by atoms with Crippen molar-refractivity contribution in [1.29, 1.82) is 0 Å². The molecule has 14 nitrogen and oxygen atoms in total. The average Bonchev–Trinajstić information content (AvgIpc) is 2.79. The van der Waals surface area contributed by atoms with Crippen LogP contribution in [0.4, 0.5) is 5.69 Å². The number of carbonyl (C=O) groups excluding carboxylic acids is 5. The van der Waals surface area contributed by atoms with Gasteiger partial charge in [0, 0.05) is 27.7 Å². The molecule has 0 unspecified atom stereocenters. The summed E-state index contributed by atoms with van der Waals surface area (Å²) in [5, 5.41) is 10.6. The quantitative estimate of drug-likeness (QED) is 0.300. The Balaban J connectivity index is 1.97. The van der Waals surface area contributed by atoms with Crippen LogP contribution in [-0.4, -0.2) is 78.6 Å². The number of hydrogen-bond donors (Lipinski definition) is 1. The zero-order chi connectivity index (χ0) is 26.6. The summed E-state index contributed by atoms with van der Waals surface area (Å²) in [5.74, 6) is -4.12. The maximum atomic E-state index is 12.7. The summed E-state index contributed by atoms with van der Waals surface area (Å²) >= 11 is 0. The number of hydroxylamine groups is 1. The van der Waals surface area contributed by atoms with Crippen LogP contribution in [0.2, 0.25) is 0 Å². The van der Waals surface area contributed by atoms with Crippen molar-refractivity contribution in [3.63, 3.8) is 0 Å². The third-order valence-corrected chi connectivity index (χ3v) is 4.94. The third-order valence-electron chi connectivity index (χ3n) is 4.94. The molecule has 1 aromatic carbocycles. The van der Waals surface area contributed by atoms with Gasteiger partial charge < -0.3 is 33.2 Å². The molecule has 1 amide bonds. The Morgan fingerprint density at radius 3 is 2.08 bits per heavy atom. The molecule has 2 aliphatic rings. The Bertz CT molecular complexity index is 1030. The van der Waals surface area contributed by atoms with E-state index in [2.05, 4.69) is 0 Å². The number of rotatable bonds is 7. The molecule has 0 aromatic heterocycles. The summed E-state index contributed by atoms with van der Waals surface area (Å²) in [6.45, 7) is 3.85. The minimum absolute atomic E-state index is 0.0592. The lowest BCUT2D eigenvalue weighted by Crippen LogP contribution is -2.64. The van der Waals surface area contributed by atoms with Gasteiger partial charge in [0.2, 0.25) is 6.29 Å². The van der Waals surface area contributed by atoms with Gasteiger partial charge in [-0.05, 0) is 12.1 Å². The van der Waals surface area contributed by atoms with E-state index in [1.165, 1.54) is 12.1 Å². The average molecular weight is 511 g/mol. The normalized spacial score (nSPS) is 27.2. The van der Waals surface area contributed by atoms with E-state index < -0.39 is 73.4 Å². The molecule has 0 bridgehead atoms. The van der Waals surface area contributed by atoms with E-state index in [0.29, 0.717) is 5.06 Å². The second-order valence-corrected chi connectivity index (χ2v) is 7.77. The molecule has 1 aromatic rings. The van der Waals surface area contributed by atoms with Crippen molar-refractivity contribution in [2.24, 2.45) is 0 Å². The van der Waals surface area contributed by atoms with Gasteiger partial charge in [-0.25, -0.2) is 0 Å². The summed E-state index contributed by atoms with van der Waals surface area (Å²) in [5.41, 5.74) is 0.0592. The number of ether oxygens (including phenoxy) is 7. The van der Waals surface area contributed by atoms with Gasteiger partial charge in [0.25, 0.3) is 6.29 Å². The van der Waals surface area contributed by atoms with Crippen LogP contribution in [0.15, 0.2) is 24.3 Å². The van der Waals surface area contributed by atoms with Crippen molar-refractivity contribution < 1.29 is 62.3 Å². The number of amides is 1. The largest absolute Gasteiger partial charge is 0.463 e. The monoisotopic (exact) mass is 511 g/mol. The Kier molecular flexibility index (Phi) is 8.45. The van der Waals surface area contributed by atoms with Crippen LogP contribution in [0.5, 0.6) is 5.75 Å². The van der Waals surface area contributed by atoms with Crippen LogP contribution in [0, 0.1) is 0 Å². The van der Waals surface area contributed by atoms with Crippen molar-refractivity contribution in [2.75, 3.05) is 11.7 Å². The Labute approximate surface area is 204 Å². The van der Waals surface area contributed by atoms with Crippen molar-refractivity contribution in [3.8, 4) is 5.75 Å². The number of esters is 4. The number of benzene rings is 1. The predicted octanol–water partition coefficient (Wildman–Crippen LogP) is 0.227. The first-order valence-corrected chi connectivity index (χ1v) is 10.7. The number of para-hydroxylation sites is 2. The lowest BCUT2D eigenvalue weighted by Gasteiger charge is -2.44. The fraction of sp³-hybridized carbons (Fsp3) is 0.500. The van der Waals surface area contributed by atoms with Gasteiger partial charge in [-0.2, -0.15) is 5.06 Å². The number of anilines is 1. The molecular weight excluding hydrogens is 486 g/mol. The van der Waals surface area contributed by atoms with Gasteiger partial charge in [0.1, 0.15) is 24.1 Å². The first-order chi connectivity index (χ1) is 17.0. The van der Waals surface area contributed by atoms with Gasteiger partial charge in [0.05, 0.1) is 0 Å². The van der Waals surface area contributed by atoms with Crippen LogP contribution < -0.4 is 9.80 Å². The van der Waals surface area contributed by atoms with Crippen molar-refractivity contribution in [3.05, 3.63) is 24.3 Å². The topological polar surface area (TPSA) is 173 Å². The molecule has 2 heterocycles. The number of nitrogens with zero attached hydrogens (tertiary/aromatic N) is 1. The highest BCUT2D eigenvalue weighted by Gasteiger charge is 2.54. The van der Waals surface area contributed by atoms with Crippen LogP contribution in [-0.2, 0) is 52.4 Å². The van der Waals surface area contributed by atoms with Crippen LogP contribution in [0.25, 0.3) is 0 Å². The SMILES string of the molecule is CC(=O)OC[C@H]1O[C@@H](O[C@H]2Oc3ccccc3N(O)C2=O)[C@H](OC(C)=O)[C@@H](OC(C)=O)[C@@H]1OC(C)=O. The van der Waals surface area contributed by atoms with E-state index in [0.717, 1.165) is 27.7 Å². The first-order valence-electron chi connectivity index (χ1n) is 10.7. The highest BCUT2D eigenvalue weighted by Crippen LogP contribution is 2.35. The van der Waals surface area contributed by atoms with Crippen molar-refractivity contribution in [2.45, 2.75) is 64.7 Å². The summed E-state index contributed by atoms with van der Waals surface area (Å²) in [4.78, 5) is 59.7. The molecule has 0 aliphatic carbocycles. The molecule has 1 saturated heterocycles. The van der Waals surface area contributed by atoms with Crippen LogP contribution in [0.1, 0.15) is 27.7 Å². The Hall–Kier alpha value is -3.75. The maximum Gasteiger partial charge on any atom is 0.320 e. The zero-order valence-corrected chi connectivity index (χ0v) is 19.8. The lowest BCUT2D eigenvalue weighted by atomic mass is 9.98. The minimum atomic E-state index is -1.79. The highest BCUT2D eigenvalue weighted by atomic mass is 16.8. The van der Waals surface area contributed by atoms with E-state index in [-0.39, 0.29) is 11.4 Å². The van der Waals surface area contributed by atoms with Gasteiger partial charge >= 0.3 is 29.8 Å². The molecule has 1 fully saturated rings. The van der Waals surface area contributed by atoms with Gasteiger partial charge in [-0.3, -0.25) is 29.2 Å². The molecule has 14 heteroatoms. The van der Waals surface area contributed by atoms with Crippen LogP contribution in [0.3, 0.4) is 0 Å². The summed E-state index contributed by atoms with van der Waals surface area (Å²) in [6, 6.07) is 6.06. The second kappa shape index (κ2) is 11.3. The number of fused-ring (bicyclic) bond motifs is 1. The molecule has 36 heavy (non-hydrogen) atoms. The van der Waals surface area contributed by atoms with E-state index in [9.17, 15) is 29.2 Å². The van der Waals surface area contributed by atoms with Gasteiger partial charge in [-0.1, -0.05) is 12.1 Å². The molecule has 0 saturated carbocycles. The minimum Gasteiger partial charge on any atom is -0.463 e. The van der Waals surface area contributed by atoms with E-state index in [4.69, 9.17) is 33.2 Å². The smallest absolute Gasteiger partial charge is 0.320 e. The molecule has 2 aliphatic heterocycles.